The molecule has 15 nitrogen and oxygen atoms in total. The molecule has 15 heteroatoms. The smallest absolute Gasteiger partial charge is 0.407 e. The zero-order valence-electron chi connectivity index (χ0n) is 33.2. The molecule has 0 bridgehead atoms. The average Bonchev–Trinajstić information content (AvgIpc) is 4.08. The van der Waals surface area contributed by atoms with E-state index in [0.29, 0.717) is 37.3 Å². The number of amides is 4. The van der Waals surface area contributed by atoms with Gasteiger partial charge in [-0.15, -0.1) is 0 Å². The van der Waals surface area contributed by atoms with E-state index in [0.717, 1.165) is 50.5 Å². The van der Waals surface area contributed by atoms with Gasteiger partial charge in [0.2, 0.25) is 11.8 Å². The first-order chi connectivity index (χ1) is 28.6. The number of aryl methyl sites for hydroxylation is 1. The highest BCUT2D eigenvalue weighted by Gasteiger charge is 2.44. The Hall–Kier alpha value is -6.95. The fourth-order valence-corrected chi connectivity index (χ4v) is 8.49. The van der Waals surface area contributed by atoms with Crippen LogP contribution in [0.15, 0.2) is 79.1 Å². The molecule has 4 N–H and O–H groups in total. The Bertz CT molecular complexity index is 2430. The number of likely N-dealkylation sites (tertiary alicyclic amines) is 1. The number of methoxy groups -OCH3 is 2. The van der Waals surface area contributed by atoms with Crippen molar-refractivity contribution >= 4 is 29.7 Å². The van der Waals surface area contributed by atoms with Crippen LogP contribution in [-0.2, 0) is 31.9 Å². The third-order valence-electron chi connectivity index (χ3n) is 11.6. The Morgan fingerprint density at radius 1 is 0.831 bits per heavy atom. The van der Waals surface area contributed by atoms with Gasteiger partial charge < -0.3 is 35.0 Å². The third kappa shape index (κ3) is 7.49. The molecule has 2 aromatic heterocycles. The maximum atomic E-state index is 13.9. The molecule has 59 heavy (non-hydrogen) atoms. The largest absolute Gasteiger partial charge is 0.453 e. The predicted molar refractivity (Wildman–Crippen MR) is 217 cm³/mol. The van der Waals surface area contributed by atoms with Crippen molar-refractivity contribution in [3.8, 4) is 39.7 Å². The van der Waals surface area contributed by atoms with Crippen LogP contribution in [0.2, 0.25) is 0 Å². The zero-order valence-corrected chi connectivity index (χ0v) is 33.2. The second kappa shape index (κ2) is 16.1. The first-order valence-electron chi connectivity index (χ1n) is 19.7. The number of anilines is 1. The minimum atomic E-state index is -0.812. The molecular weight excluding hydrogens is 751 g/mol. The summed E-state index contributed by atoms with van der Waals surface area (Å²) in [4.78, 5) is 71.4. The fraction of sp³-hybridized carbons (Fsp3) is 0.341. The van der Waals surface area contributed by atoms with Crippen molar-refractivity contribution in [3.63, 3.8) is 0 Å². The maximum Gasteiger partial charge on any atom is 0.407 e. The van der Waals surface area contributed by atoms with Gasteiger partial charge in [-0.2, -0.15) is 5.26 Å². The quantitative estimate of drug-likeness (QED) is 0.134. The zero-order chi connectivity index (χ0) is 41.4. The monoisotopic (exact) mass is 795 g/mol. The van der Waals surface area contributed by atoms with Crippen molar-refractivity contribution in [1.29, 1.82) is 5.26 Å². The number of hydrogen-bond donors (Lipinski definition) is 4. The molecule has 8 rings (SSSR count). The number of nitrogens with one attached hydrogen (secondary N) is 4. The molecule has 302 valence electrons. The van der Waals surface area contributed by atoms with E-state index in [9.17, 15) is 24.4 Å². The minimum Gasteiger partial charge on any atom is -0.453 e. The number of imidazole rings is 2. The van der Waals surface area contributed by atoms with Gasteiger partial charge in [0.15, 0.2) is 0 Å². The molecule has 3 aromatic carbocycles. The molecule has 0 aliphatic carbocycles. The maximum absolute atomic E-state index is 13.9. The Labute approximate surface area is 341 Å². The lowest BCUT2D eigenvalue weighted by atomic mass is 10.0. The van der Waals surface area contributed by atoms with Crippen LogP contribution in [0, 0.1) is 23.2 Å². The summed E-state index contributed by atoms with van der Waals surface area (Å²) < 4.78 is 9.55. The Kier molecular flexibility index (Phi) is 10.6. The summed E-state index contributed by atoms with van der Waals surface area (Å²) in [6.07, 6.45) is 4.36. The predicted octanol–water partition coefficient (Wildman–Crippen LogP) is 6.23. The van der Waals surface area contributed by atoms with E-state index < -0.39 is 30.3 Å². The summed E-state index contributed by atoms with van der Waals surface area (Å²) in [5.74, 6) is 0.212. The molecule has 3 aliphatic rings. The van der Waals surface area contributed by atoms with Crippen LogP contribution in [-0.4, -0.2) is 81.7 Å². The van der Waals surface area contributed by atoms with Crippen LogP contribution in [0.25, 0.3) is 33.6 Å². The molecule has 0 spiro atoms. The van der Waals surface area contributed by atoms with Crippen LogP contribution in [0.4, 0.5) is 15.3 Å². The van der Waals surface area contributed by atoms with Crippen LogP contribution in [0.5, 0.6) is 0 Å². The second-order valence-corrected chi connectivity index (χ2v) is 15.5. The number of para-hydroxylation sites is 1. The molecule has 1 saturated heterocycles. The number of nitriles is 1. The van der Waals surface area contributed by atoms with Gasteiger partial charge in [0.25, 0.3) is 0 Å². The molecule has 0 radical (unpaired) electrons. The lowest BCUT2D eigenvalue weighted by molar-refractivity contribution is -0.135. The number of aromatic amines is 2. The standard InChI is InChI=1S/C44H45N9O6/c1-24(2)37(51-44(57)59-4)42(55)52-23-25(20-45)18-35(52)39-46-21-33(48-39)28-12-8-26(9-13-28)27-10-14-29(15-11-27)34-22-47-40(49-34)36-19-31-7-5-6-30-16-17-32(50-43(56)58-3)41(54)53(36)38(30)31/h5-15,21-22,24-25,32,35-37H,16-19,23H2,1-4H3,(H,46,48)(H,47,49)(H,50,56)(H,51,57)/t25-,32-,35-,36-,37-/m0/s1. The van der Waals surface area contributed by atoms with E-state index in [2.05, 4.69) is 43.8 Å². The molecule has 5 heterocycles. The SMILES string of the molecule is COC(=O)N[C@H]1CCc2cccc3c2N(C1=O)[C@H](c1ncc(-c2ccc(-c4ccc(-c5cnc([C@@H]6C[C@@H](C#N)CN6C(=O)[C@@H](NC(=O)OC)C(C)C)[nH]5)cc4)cc2)[nH]1)C3. The van der Waals surface area contributed by atoms with Gasteiger partial charge in [-0.3, -0.25) is 14.5 Å². The van der Waals surface area contributed by atoms with E-state index in [-0.39, 0.29) is 36.2 Å². The van der Waals surface area contributed by atoms with Crippen LogP contribution < -0.4 is 15.5 Å². The van der Waals surface area contributed by atoms with Gasteiger partial charge in [0.05, 0.1) is 67.8 Å². The molecule has 4 amide bonds. The number of carbonyl (C=O) groups is 4. The molecular formula is C44H45N9O6. The lowest BCUT2D eigenvalue weighted by Gasteiger charge is -2.29. The summed E-state index contributed by atoms with van der Waals surface area (Å²) in [6.45, 7) is 3.93. The highest BCUT2D eigenvalue weighted by atomic mass is 16.5. The van der Waals surface area contributed by atoms with E-state index in [1.807, 2.05) is 68.4 Å². The lowest BCUT2D eigenvalue weighted by Crippen LogP contribution is -2.51. The first-order valence-corrected chi connectivity index (χ1v) is 19.7. The van der Waals surface area contributed by atoms with Crippen molar-refractivity contribution in [1.82, 2.24) is 35.5 Å². The Balaban J connectivity index is 0.962. The molecule has 5 aromatic rings. The molecule has 5 atom stereocenters. The average molecular weight is 796 g/mol. The highest BCUT2D eigenvalue weighted by Crippen LogP contribution is 2.45. The van der Waals surface area contributed by atoms with Crippen molar-refractivity contribution in [3.05, 3.63) is 102 Å². The van der Waals surface area contributed by atoms with E-state index in [1.54, 1.807) is 22.2 Å². The first kappa shape index (κ1) is 38.9. The third-order valence-corrected chi connectivity index (χ3v) is 11.6. The fourth-order valence-electron chi connectivity index (χ4n) is 8.49. The van der Waals surface area contributed by atoms with Gasteiger partial charge in [-0.05, 0) is 58.6 Å². The van der Waals surface area contributed by atoms with Crippen molar-refractivity contribution in [2.24, 2.45) is 11.8 Å². The van der Waals surface area contributed by atoms with E-state index in [1.165, 1.54) is 14.2 Å². The van der Waals surface area contributed by atoms with Crippen molar-refractivity contribution in [2.45, 2.75) is 63.7 Å². The van der Waals surface area contributed by atoms with E-state index >= 15 is 0 Å². The number of hydrogen-bond acceptors (Lipinski definition) is 9. The Morgan fingerprint density at radius 2 is 1.41 bits per heavy atom. The van der Waals surface area contributed by atoms with Gasteiger partial charge in [0, 0.05) is 13.0 Å². The van der Waals surface area contributed by atoms with Crippen LogP contribution in [0.3, 0.4) is 0 Å². The summed E-state index contributed by atoms with van der Waals surface area (Å²) in [6, 6.07) is 22.3. The molecule has 0 unspecified atom stereocenters. The molecule has 0 saturated carbocycles. The van der Waals surface area contributed by atoms with Gasteiger partial charge in [-0.1, -0.05) is 80.6 Å². The van der Waals surface area contributed by atoms with Crippen LogP contribution >= 0.6 is 0 Å². The summed E-state index contributed by atoms with van der Waals surface area (Å²) in [7, 11) is 2.54. The number of H-pyrrole nitrogens is 2. The van der Waals surface area contributed by atoms with Crippen molar-refractivity contribution in [2.75, 3.05) is 25.7 Å². The number of alkyl carbamates (subject to hydrolysis) is 2. The van der Waals surface area contributed by atoms with Crippen molar-refractivity contribution < 1.29 is 28.7 Å². The number of rotatable bonds is 9. The second-order valence-electron chi connectivity index (χ2n) is 15.5. The number of benzene rings is 3. The van der Waals surface area contributed by atoms with Gasteiger partial charge >= 0.3 is 12.2 Å². The van der Waals surface area contributed by atoms with Crippen LogP contribution in [0.1, 0.15) is 61.5 Å². The highest BCUT2D eigenvalue weighted by molar-refractivity contribution is 6.02. The number of ether oxygens (including phenoxy) is 2. The topological polar surface area (TPSA) is 198 Å². The number of nitrogens with zero attached hydrogens (tertiary/aromatic N) is 5. The number of aromatic nitrogens is 4. The number of carbonyl (C=O) groups excluding carboxylic acids is 4. The summed E-state index contributed by atoms with van der Waals surface area (Å²) in [5.41, 5.74) is 8.54. The Morgan fingerprint density at radius 3 is 1.98 bits per heavy atom. The summed E-state index contributed by atoms with van der Waals surface area (Å²) >= 11 is 0. The van der Waals surface area contributed by atoms with Gasteiger partial charge in [-0.25, -0.2) is 19.6 Å². The normalized spacial score (nSPS) is 20.1. The minimum absolute atomic E-state index is 0.183. The molecule has 3 aliphatic heterocycles. The van der Waals surface area contributed by atoms with E-state index in [4.69, 9.17) is 14.5 Å². The molecule has 1 fully saturated rings. The van der Waals surface area contributed by atoms with Gasteiger partial charge in [0.1, 0.15) is 23.7 Å². The summed E-state index contributed by atoms with van der Waals surface area (Å²) in [5, 5.41) is 15.1.